The van der Waals surface area contributed by atoms with Gasteiger partial charge in [-0.05, 0) is 52.0 Å². The predicted octanol–water partition coefficient (Wildman–Crippen LogP) is 4.41. The van der Waals surface area contributed by atoms with Gasteiger partial charge < -0.3 is 10.2 Å². The molecule has 0 saturated carbocycles. The van der Waals surface area contributed by atoms with Crippen LogP contribution in [-0.2, 0) is 16.3 Å². The number of nitrogens with zero attached hydrogens (tertiary/aromatic N) is 4. The van der Waals surface area contributed by atoms with Gasteiger partial charge >= 0.3 is 0 Å². The second kappa shape index (κ2) is 9.67. The Kier molecular flexibility index (Phi) is 7.02. The van der Waals surface area contributed by atoms with Crippen molar-refractivity contribution in [1.29, 1.82) is 0 Å². The normalized spacial score (nSPS) is 12.1. The lowest BCUT2D eigenvalue weighted by atomic mass is 10.0. The molecular weight excluding hydrogens is 540 g/mol. The van der Waals surface area contributed by atoms with Gasteiger partial charge in [0.2, 0.25) is 0 Å². The minimum absolute atomic E-state index is 0.0603. The highest BCUT2D eigenvalue weighted by atomic mass is 79.9. The van der Waals surface area contributed by atoms with E-state index in [1.165, 1.54) is 17.4 Å². The predicted molar refractivity (Wildman–Crippen MR) is 134 cm³/mol. The maximum atomic E-state index is 12.0. The van der Waals surface area contributed by atoms with Gasteiger partial charge in [0, 0.05) is 11.8 Å². The molecule has 0 aliphatic rings. The molecular formula is C23H23BrN4O4S2. The Balaban J connectivity index is 1.87. The van der Waals surface area contributed by atoms with E-state index in [-0.39, 0.29) is 10.6 Å². The highest BCUT2D eigenvalue weighted by Crippen LogP contribution is 2.39. The summed E-state index contributed by atoms with van der Waals surface area (Å²) in [6, 6.07) is 14.3. The minimum atomic E-state index is -3.37. The summed E-state index contributed by atoms with van der Waals surface area (Å²) in [7, 11) is -3.37. The van der Waals surface area contributed by atoms with Crippen molar-refractivity contribution in [2.24, 2.45) is 5.92 Å². The first-order valence-corrected chi connectivity index (χ1v) is 13.9. The fourth-order valence-electron chi connectivity index (χ4n) is 3.56. The highest BCUT2D eigenvalue weighted by molar-refractivity contribution is 9.10. The van der Waals surface area contributed by atoms with Gasteiger partial charge in [-0.15, -0.1) is 10.2 Å². The van der Waals surface area contributed by atoms with E-state index in [0.29, 0.717) is 31.7 Å². The first kappa shape index (κ1) is 24.7. The zero-order chi connectivity index (χ0) is 24.6. The van der Waals surface area contributed by atoms with Gasteiger partial charge in [-0.25, -0.2) is 13.1 Å². The molecule has 0 fully saturated rings. The summed E-state index contributed by atoms with van der Waals surface area (Å²) in [6.07, 6.45) is 0.179. The summed E-state index contributed by atoms with van der Waals surface area (Å²) in [4.78, 5) is 0.196. The summed E-state index contributed by atoms with van der Waals surface area (Å²) in [6.45, 7) is 4.25. The minimum Gasteiger partial charge on any atom is -0.363 e. The molecule has 2 N–H and O–H groups in total. The van der Waals surface area contributed by atoms with Crippen molar-refractivity contribution in [1.82, 2.24) is 20.0 Å². The average molecular weight is 563 g/mol. The third kappa shape index (κ3) is 4.98. The monoisotopic (exact) mass is 562 g/mol. The molecule has 0 aliphatic carbocycles. The lowest BCUT2D eigenvalue weighted by Gasteiger charge is -2.13. The van der Waals surface area contributed by atoms with Gasteiger partial charge in [-0.3, -0.25) is 0 Å². The number of halogens is 1. The summed E-state index contributed by atoms with van der Waals surface area (Å²) in [5, 5.41) is 33.9. The molecule has 11 heteroatoms. The van der Waals surface area contributed by atoms with Crippen LogP contribution >= 0.6 is 27.3 Å². The number of aliphatic hydroxyl groups is 2. The van der Waals surface area contributed by atoms with Gasteiger partial charge in [-0.2, -0.15) is 5.10 Å². The molecule has 2 aromatic carbocycles. The molecule has 4 aromatic rings. The Labute approximate surface area is 210 Å². The van der Waals surface area contributed by atoms with Crippen LogP contribution in [0.3, 0.4) is 0 Å². The van der Waals surface area contributed by atoms with Gasteiger partial charge in [0.1, 0.15) is 16.4 Å². The summed E-state index contributed by atoms with van der Waals surface area (Å²) in [5.41, 5.74) is 3.07. The molecule has 0 bridgehead atoms. The lowest BCUT2D eigenvalue weighted by Crippen LogP contribution is -2.06. The van der Waals surface area contributed by atoms with Crippen molar-refractivity contribution in [3.63, 3.8) is 0 Å². The SMILES string of the molecule is CC(C)Cc1ccccc1-n1nc(C(O)O)c(Br)c1-c1nnc(-c2cccc(S(C)(=O)=O)c2)s1. The largest absolute Gasteiger partial charge is 0.363 e. The van der Waals surface area contributed by atoms with Crippen LogP contribution in [0.15, 0.2) is 57.9 Å². The molecule has 0 saturated heterocycles. The van der Waals surface area contributed by atoms with Gasteiger partial charge in [0.25, 0.3) is 0 Å². The average Bonchev–Trinajstić information content (AvgIpc) is 3.38. The number of hydrogen-bond acceptors (Lipinski definition) is 8. The number of aromatic nitrogens is 4. The Morgan fingerprint density at radius 1 is 1.06 bits per heavy atom. The summed E-state index contributed by atoms with van der Waals surface area (Å²) < 4.78 is 26.0. The fraction of sp³-hybridized carbons (Fsp3) is 0.261. The van der Waals surface area contributed by atoms with Crippen LogP contribution in [0.25, 0.3) is 27.0 Å². The molecule has 34 heavy (non-hydrogen) atoms. The Morgan fingerprint density at radius 3 is 2.44 bits per heavy atom. The van der Waals surface area contributed by atoms with Crippen LogP contribution in [0.2, 0.25) is 0 Å². The van der Waals surface area contributed by atoms with Gasteiger partial charge in [0.15, 0.2) is 21.1 Å². The highest BCUT2D eigenvalue weighted by Gasteiger charge is 2.26. The standard InChI is InChI=1S/C23H23BrN4O4S2/c1-13(2)11-14-7-4-5-10-17(14)28-20(18(24)19(27-28)23(29)30)22-26-25-21(33-22)15-8-6-9-16(12-15)34(3,31)32/h4-10,12-13,23,29-30H,11H2,1-3H3. The Hall–Kier alpha value is -2.44. The topological polar surface area (TPSA) is 118 Å². The van der Waals surface area contributed by atoms with E-state index in [0.717, 1.165) is 23.9 Å². The van der Waals surface area contributed by atoms with Crippen LogP contribution in [-0.4, -0.2) is 44.9 Å². The van der Waals surface area contributed by atoms with Crippen molar-refractivity contribution in [3.05, 3.63) is 64.3 Å². The van der Waals surface area contributed by atoms with Crippen molar-refractivity contribution in [2.75, 3.05) is 6.26 Å². The molecule has 2 aromatic heterocycles. The number of sulfone groups is 1. The molecule has 178 valence electrons. The zero-order valence-electron chi connectivity index (χ0n) is 18.7. The van der Waals surface area contributed by atoms with E-state index in [9.17, 15) is 18.6 Å². The Bertz CT molecular complexity index is 1440. The fourth-order valence-corrected chi connectivity index (χ4v) is 5.88. The van der Waals surface area contributed by atoms with E-state index in [1.54, 1.807) is 22.9 Å². The third-order valence-corrected chi connectivity index (χ3v) is 7.95. The van der Waals surface area contributed by atoms with E-state index in [2.05, 4.69) is 45.1 Å². The number of benzene rings is 2. The second-order valence-electron chi connectivity index (χ2n) is 8.27. The lowest BCUT2D eigenvalue weighted by molar-refractivity contribution is -0.0465. The van der Waals surface area contributed by atoms with Crippen molar-refractivity contribution < 1.29 is 18.6 Å². The van der Waals surface area contributed by atoms with Crippen LogP contribution in [0.4, 0.5) is 0 Å². The van der Waals surface area contributed by atoms with Crippen LogP contribution in [0.1, 0.15) is 31.4 Å². The maximum Gasteiger partial charge on any atom is 0.199 e. The Morgan fingerprint density at radius 2 is 1.76 bits per heavy atom. The summed E-state index contributed by atoms with van der Waals surface area (Å²) in [5.74, 6) is 0.404. The van der Waals surface area contributed by atoms with E-state index >= 15 is 0 Å². The van der Waals surface area contributed by atoms with Crippen molar-refractivity contribution >= 4 is 37.1 Å². The van der Waals surface area contributed by atoms with Crippen molar-refractivity contribution in [2.45, 2.75) is 31.5 Å². The molecule has 0 amide bonds. The molecule has 0 aliphatic heterocycles. The first-order valence-electron chi connectivity index (χ1n) is 10.4. The molecule has 2 heterocycles. The molecule has 4 rings (SSSR count). The molecule has 8 nitrogen and oxygen atoms in total. The quantitative estimate of drug-likeness (QED) is 0.320. The van der Waals surface area contributed by atoms with Crippen LogP contribution < -0.4 is 0 Å². The molecule has 0 atom stereocenters. The summed E-state index contributed by atoms with van der Waals surface area (Å²) >= 11 is 4.73. The zero-order valence-corrected chi connectivity index (χ0v) is 21.9. The van der Waals surface area contributed by atoms with Gasteiger partial charge in [0.05, 0.1) is 15.1 Å². The number of rotatable bonds is 7. The molecule has 0 spiro atoms. The second-order valence-corrected chi connectivity index (χ2v) is 12.1. The van der Waals surface area contributed by atoms with E-state index in [1.807, 2.05) is 24.3 Å². The number of aliphatic hydroxyl groups excluding tert-OH is 1. The van der Waals surface area contributed by atoms with E-state index < -0.39 is 16.1 Å². The maximum absolute atomic E-state index is 12.0. The van der Waals surface area contributed by atoms with Crippen LogP contribution in [0, 0.1) is 5.92 Å². The first-order chi connectivity index (χ1) is 16.1. The van der Waals surface area contributed by atoms with Crippen molar-refractivity contribution in [3.8, 4) is 27.0 Å². The van der Waals surface area contributed by atoms with Crippen LogP contribution in [0.5, 0.6) is 0 Å². The molecule has 0 radical (unpaired) electrons. The number of hydrogen-bond donors (Lipinski definition) is 2. The van der Waals surface area contributed by atoms with Gasteiger partial charge in [-0.1, -0.05) is 55.5 Å². The third-order valence-electron chi connectivity index (χ3n) is 5.08. The number of para-hydroxylation sites is 1. The van der Waals surface area contributed by atoms with E-state index in [4.69, 9.17) is 0 Å². The smallest absolute Gasteiger partial charge is 0.199 e. The molecule has 0 unspecified atom stereocenters.